The summed E-state index contributed by atoms with van der Waals surface area (Å²) >= 11 is 0. The molecule has 3 aromatic rings. The van der Waals surface area contributed by atoms with Gasteiger partial charge in [-0.3, -0.25) is 9.89 Å². The van der Waals surface area contributed by atoms with Crippen molar-refractivity contribution in [1.82, 2.24) is 9.78 Å². The summed E-state index contributed by atoms with van der Waals surface area (Å²) in [6.07, 6.45) is 1.68. The van der Waals surface area contributed by atoms with E-state index in [9.17, 15) is 4.79 Å². The Kier molecular flexibility index (Phi) is 5.82. The van der Waals surface area contributed by atoms with E-state index < -0.39 is 0 Å². The Morgan fingerprint density at radius 2 is 1.72 bits per heavy atom. The second-order valence-corrected chi connectivity index (χ2v) is 7.82. The monoisotopic (exact) mass is 390 g/mol. The molecule has 29 heavy (non-hydrogen) atoms. The van der Waals surface area contributed by atoms with Gasteiger partial charge >= 0.3 is 0 Å². The smallest absolute Gasteiger partial charge is 0.299 e. The van der Waals surface area contributed by atoms with Crippen molar-refractivity contribution in [2.24, 2.45) is 10.2 Å². The van der Waals surface area contributed by atoms with Gasteiger partial charge in [0.1, 0.15) is 12.4 Å². The Balaban J connectivity index is 1.83. The van der Waals surface area contributed by atoms with Crippen molar-refractivity contribution in [3.8, 4) is 11.4 Å². The van der Waals surface area contributed by atoms with Gasteiger partial charge in [0.25, 0.3) is 5.56 Å². The van der Waals surface area contributed by atoms with E-state index in [-0.39, 0.29) is 16.7 Å². The quantitative estimate of drug-likeness (QED) is 0.430. The fraction of sp³-hybridized carbons (Fsp3) is 0.261. The molecule has 0 bridgehead atoms. The first-order chi connectivity index (χ1) is 13.8. The number of nitrogens with zero attached hydrogens (tertiary/aromatic N) is 3. The second kappa shape index (κ2) is 8.31. The van der Waals surface area contributed by atoms with Crippen molar-refractivity contribution in [3.05, 3.63) is 82.8 Å². The third kappa shape index (κ3) is 4.71. The fourth-order valence-electron chi connectivity index (χ4n) is 2.82. The van der Waals surface area contributed by atoms with Crippen LogP contribution in [0.3, 0.4) is 0 Å². The molecule has 6 heteroatoms. The Morgan fingerprint density at radius 3 is 2.31 bits per heavy atom. The SMILES string of the molecule is C=CCOc1ccc(/N=N/c2c(C)[nH]n(-c3ccc(C(C)(C)C)cc3)c2=O)cc1. The average Bonchev–Trinajstić information content (AvgIpc) is 2.98. The summed E-state index contributed by atoms with van der Waals surface area (Å²) in [5, 5.41) is 11.4. The predicted octanol–water partition coefficient (Wildman–Crippen LogP) is 5.75. The molecule has 3 rings (SSSR count). The summed E-state index contributed by atoms with van der Waals surface area (Å²) < 4.78 is 6.93. The predicted molar refractivity (Wildman–Crippen MR) is 116 cm³/mol. The molecule has 0 radical (unpaired) electrons. The van der Waals surface area contributed by atoms with E-state index in [2.05, 4.69) is 42.7 Å². The Morgan fingerprint density at radius 1 is 1.07 bits per heavy atom. The Hall–Kier alpha value is -3.41. The number of benzene rings is 2. The maximum absolute atomic E-state index is 12.8. The zero-order valence-electron chi connectivity index (χ0n) is 17.3. The number of nitrogens with one attached hydrogen (secondary N) is 1. The molecule has 0 atom stereocenters. The number of ether oxygens (including phenoxy) is 1. The van der Waals surface area contributed by atoms with E-state index in [0.717, 1.165) is 11.4 Å². The molecule has 1 aromatic heterocycles. The van der Waals surface area contributed by atoms with Gasteiger partial charge in [-0.1, -0.05) is 45.6 Å². The van der Waals surface area contributed by atoms with Crippen molar-refractivity contribution < 1.29 is 4.74 Å². The highest BCUT2D eigenvalue weighted by Crippen LogP contribution is 2.24. The number of aryl methyl sites for hydroxylation is 1. The second-order valence-electron chi connectivity index (χ2n) is 7.82. The van der Waals surface area contributed by atoms with Gasteiger partial charge in [0, 0.05) is 0 Å². The Labute approximate surface area is 170 Å². The molecule has 0 aliphatic carbocycles. The summed E-state index contributed by atoms with van der Waals surface area (Å²) in [5.74, 6) is 0.725. The molecular weight excluding hydrogens is 364 g/mol. The normalized spacial score (nSPS) is 11.7. The van der Waals surface area contributed by atoms with Crippen molar-refractivity contribution in [1.29, 1.82) is 0 Å². The van der Waals surface area contributed by atoms with Crippen molar-refractivity contribution in [2.45, 2.75) is 33.1 Å². The van der Waals surface area contributed by atoms with Crippen LogP contribution in [0.2, 0.25) is 0 Å². The van der Waals surface area contributed by atoms with E-state index in [1.807, 2.05) is 31.2 Å². The molecule has 2 aromatic carbocycles. The molecule has 150 valence electrons. The van der Waals surface area contributed by atoms with Gasteiger partial charge in [0.2, 0.25) is 0 Å². The van der Waals surface area contributed by atoms with Crippen LogP contribution in [0.15, 0.2) is 76.2 Å². The molecule has 0 saturated carbocycles. The largest absolute Gasteiger partial charge is 0.490 e. The molecule has 0 spiro atoms. The van der Waals surface area contributed by atoms with E-state index in [0.29, 0.717) is 18.0 Å². The summed E-state index contributed by atoms with van der Waals surface area (Å²) in [4.78, 5) is 12.8. The average molecular weight is 390 g/mol. The number of rotatable bonds is 6. The molecule has 6 nitrogen and oxygen atoms in total. The number of aromatic nitrogens is 2. The molecule has 0 fully saturated rings. The maximum atomic E-state index is 12.8. The number of azo groups is 1. The number of hydrogen-bond donors (Lipinski definition) is 1. The van der Waals surface area contributed by atoms with Gasteiger partial charge in [-0.05, 0) is 54.3 Å². The van der Waals surface area contributed by atoms with Crippen LogP contribution in [-0.2, 0) is 5.41 Å². The lowest BCUT2D eigenvalue weighted by molar-refractivity contribution is 0.363. The van der Waals surface area contributed by atoms with Crippen LogP contribution in [0.1, 0.15) is 32.0 Å². The van der Waals surface area contributed by atoms with Crippen LogP contribution in [0.4, 0.5) is 11.4 Å². The molecule has 0 aliphatic rings. The van der Waals surface area contributed by atoms with Crippen molar-refractivity contribution in [3.63, 3.8) is 0 Å². The molecule has 1 N–H and O–H groups in total. The number of H-pyrrole nitrogens is 1. The highest BCUT2D eigenvalue weighted by atomic mass is 16.5. The zero-order chi connectivity index (χ0) is 21.0. The lowest BCUT2D eigenvalue weighted by Gasteiger charge is -2.19. The molecule has 1 heterocycles. The summed E-state index contributed by atoms with van der Waals surface area (Å²) in [6, 6.07) is 15.1. The topological polar surface area (TPSA) is 71.7 Å². The van der Waals surface area contributed by atoms with Crippen LogP contribution in [0.5, 0.6) is 5.75 Å². The lowest BCUT2D eigenvalue weighted by atomic mass is 9.87. The van der Waals surface area contributed by atoms with E-state index >= 15 is 0 Å². The molecular formula is C23H26N4O2. The molecule has 0 amide bonds. The third-order valence-electron chi connectivity index (χ3n) is 4.50. The van der Waals surface area contributed by atoms with Crippen molar-refractivity contribution in [2.75, 3.05) is 6.61 Å². The number of hydrogen-bond acceptors (Lipinski definition) is 4. The zero-order valence-corrected chi connectivity index (χ0v) is 17.3. The van der Waals surface area contributed by atoms with Gasteiger partial charge in [-0.25, -0.2) is 4.68 Å². The minimum Gasteiger partial charge on any atom is -0.490 e. The summed E-state index contributed by atoms with van der Waals surface area (Å²) in [5.41, 5.74) is 3.37. The maximum Gasteiger partial charge on any atom is 0.299 e. The van der Waals surface area contributed by atoms with Crippen LogP contribution in [-0.4, -0.2) is 16.4 Å². The van der Waals surface area contributed by atoms with Gasteiger partial charge in [-0.15, -0.1) is 5.11 Å². The van der Waals surface area contributed by atoms with Gasteiger partial charge in [-0.2, -0.15) is 5.11 Å². The van der Waals surface area contributed by atoms with Crippen LogP contribution >= 0.6 is 0 Å². The van der Waals surface area contributed by atoms with E-state index in [1.165, 1.54) is 10.2 Å². The van der Waals surface area contributed by atoms with Crippen LogP contribution in [0.25, 0.3) is 5.69 Å². The highest BCUT2D eigenvalue weighted by molar-refractivity contribution is 5.46. The first-order valence-electron chi connectivity index (χ1n) is 9.47. The van der Waals surface area contributed by atoms with Gasteiger partial charge in [0.15, 0.2) is 5.69 Å². The minimum absolute atomic E-state index is 0.0563. The van der Waals surface area contributed by atoms with Crippen molar-refractivity contribution >= 4 is 11.4 Å². The first kappa shape index (κ1) is 20.3. The highest BCUT2D eigenvalue weighted by Gasteiger charge is 2.15. The third-order valence-corrected chi connectivity index (χ3v) is 4.50. The molecule has 0 unspecified atom stereocenters. The van der Waals surface area contributed by atoms with E-state index in [1.54, 1.807) is 30.3 Å². The molecule has 0 aliphatic heterocycles. The summed E-state index contributed by atoms with van der Waals surface area (Å²) in [6.45, 7) is 12.3. The molecule has 0 saturated heterocycles. The minimum atomic E-state index is -0.235. The van der Waals surface area contributed by atoms with Crippen LogP contribution < -0.4 is 10.3 Å². The fourth-order valence-corrected chi connectivity index (χ4v) is 2.82. The van der Waals surface area contributed by atoms with Gasteiger partial charge in [0.05, 0.1) is 17.1 Å². The van der Waals surface area contributed by atoms with Crippen LogP contribution in [0, 0.1) is 6.92 Å². The summed E-state index contributed by atoms with van der Waals surface area (Å²) in [7, 11) is 0. The van der Waals surface area contributed by atoms with E-state index in [4.69, 9.17) is 4.74 Å². The first-order valence-corrected chi connectivity index (χ1v) is 9.47. The van der Waals surface area contributed by atoms with Gasteiger partial charge < -0.3 is 4.74 Å². The number of aromatic amines is 1. The Bertz CT molecular complexity index is 1070. The standard InChI is InChI=1S/C23H26N4O2/c1-6-15-29-20-13-9-18(10-14-20)24-25-21-16(2)26-27(22(21)28)19-11-7-17(8-12-19)23(3,4)5/h6-14,26H,1,15H2,2-5H3/b25-24+. The lowest BCUT2D eigenvalue weighted by Crippen LogP contribution is -2.15.